The lowest BCUT2D eigenvalue weighted by molar-refractivity contribution is 0.135. The van der Waals surface area contributed by atoms with E-state index in [1.54, 1.807) is 0 Å². The molecule has 0 unspecified atom stereocenters. The molecule has 2 heterocycles. The SMILES string of the molecule is OCC[C@H]1CN(c2ccc(-c3ccccc3)nn2)CCN1Cc1ccc(F)cc1. The summed E-state index contributed by atoms with van der Waals surface area (Å²) in [5.74, 6) is 0.636. The fourth-order valence-electron chi connectivity index (χ4n) is 3.81. The minimum absolute atomic E-state index is 0.136. The largest absolute Gasteiger partial charge is 0.396 e. The van der Waals surface area contributed by atoms with E-state index in [2.05, 4.69) is 20.0 Å². The molecule has 1 aromatic heterocycles. The van der Waals surface area contributed by atoms with Crippen LogP contribution in [-0.2, 0) is 6.54 Å². The molecule has 150 valence electrons. The van der Waals surface area contributed by atoms with Crippen molar-refractivity contribution >= 4 is 5.82 Å². The topological polar surface area (TPSA) is 52.5 Å². The number of halogens is 1. The summed E-state index contributed by atoms with van der Waals surface area (Å²) < 4.78 is 13.2. The third-order valence-corrected chi connectivity index (χ3v) is 5.41. The molecule has 3 aromatic rings. The van der Waals surface area contributed by atoms with Gasteiger partial charge in [0.25, 0.3) is 0 Å². The number of aliphatic hydroxyl groups is 1. The van der Waals surface area contributed by atoms with Gasteiger partial charge in [-0.2, -0.15) is 0 Å². The van der Waals surface area contributed by atoms with Gasteiger partial charge in [-0.05, 0) is 36.2 Å². The lowest BCUT2D eigenvalue weighted by Crippen LogP contribution is -2.53. The molecule has 0 radical (unpaired) electrons. The quantitative estimate of drug-likeness (QED) is 0.697. The van der Waals surface area contributed by atoms with E-state index in [4.69, 9.17) is 0 Å². The van der Waals surface area contributed by atoms with Crippen LogP contribution in [0.15, 0.2) is 66.7 Å². The number of nitrogens with zero attached hydrogens (tertiary/aromatic N) is 4. The van der Waals surface area contributed by atoms with E-state index >= 15 is 0 Å². The van der Waals surface area contributed by atoms with E-state index in [1.807, 2.05) is 54.6 Å². The molecule has 0 amide bonds. The Balaban J connectivity index is 1.44. The average molecular weight is 392 g/mol. The van der Waals surface area contributed by atoms with Gasteiger partial charge in [-0.1, -0.05) is 42.5 Å². The van der Waals surface area contributed by atoms with Gasteiger partial charge < -0.3 is 10.0 Å². The molecule has 1 fully saturated rings. The molecule has 1 aliphatic heterocycles. The Morgan fingerprint density at radius 3 is 2.41 bits per heavy atom. The van der Waals surface area contributed by atoms with Crippen molar-refractivity contribution in [1.82, 2.24) is 15.1 Å². The monoisotopic (exact) mass is 392 g/mol. The summed E-state index contributed by atoms with van der Waals surface area (Å²) in [5.41, 5.74) is 2.99. The first-order chi connectivity index (χ1) is 14.2. The molecule has 5 nitrogen and oxygen atoms in total. The number of aliphatic hydroxyl groups excluding tert-OH is 1. The van der Waals surface area contributed by atoms with Crippen LogP contribution in [0.2, 0.25) is 0 Å². The van der Waals surface area contributed by atoms with Crippen LogP contribution >= 0.6 is 0 Å². The Labute approximate surface area is 170 Å². The maximum atomic E-state index is 13.2. The van der Waals surface area contributed by atoms with Crippen molar-refractivity contribution in [3.63, 3.8) is 0 Å². The van der Waals surface area contributed by atoms with E-state index in [9.17, 15) is 9.50 Å². The number of aromatic nitrogens is 2. The van der Waals surface area contributed by atoms with Crippen molar-refractivity contribution in [2.24, 2.45) is 0 Å². The third kappa shape index (κ3) is 4.78. The minimum atomic E-state index is -0.219. The number of anilines is 1. The van der Waals surface area contributed by atoms with Gasteiger partial charge >= 0.3 is 0 Å². The summed E-state index contributed by atoms with van der Waals surface area (Å²) in [6.07, 6.45) is 0.688. The van der Waals surface area contributed by atoms with Gasteiger partial charge in [0.2, 0.25) is 0 Å². The van der Waals surface area contributed by atoms with E-state index in [-0.39, 0.29) is 18.5 Å². The summed E-state index contributed by atoms with van der Waals surface area (Å²) in [5, 5.41) is 18.4. The second kappa shape index (κ2) is 9.11. The third-order valence-electron chi connectivity index (χ3n) is 5.41. The van der Waals surface area contributed by atoms with Crippen LogP contribution in [0, 0.1) is 5.82 Å². The molecular weight excluding hydrogens is 367 g/mol. The van der Waals surface area contributed by atoms with Gasteiger partial charge in [0, 0.05) is 44.4 Å². The van der Waals surface area contributed by atoms with Crippen molar-refractivity contribution in [1.29, 1.82) is 0 Å². The predicted octanol–water partition coefficient (Wildman–Crippen LogP) is 3.36. The lowest BCUT2D eigenvalue weighted by atomic mass is 10.1. The van der Waals surface area contributed by atoms with E-state index in [0.717, 1.165) is 48.8 Å². The van der Waals surface area contributed by atoms with Crippen molar-refractivity contribution in [2.75, 3.05) is 31.1 Å². The molecule has 1 atom stereocenters. The zero-order valence-corrected chi connectivity index (χ0v) is 16.3. The fraction of sp³-hybridized carbons (Fsp3) is 0.304. The predicted molar refractivity (Wildman–Crippen MR) is 112 cm³/mol. The van der Waals surface area contributed by atoms with Crippen LogP contribution in [0.4, 0.5) is 10.2 Å². The maximum Gasteiger partial charge on any atom is 0.151 e. The van der Waals surface area contributed by atoms with Crippen molar-refractivity contribution < 1.29 is 9.50 Å². The molecular formula is C23H25FN4O. The summed E-state index contributed by atoms with van der Waals surface area (Å²) in [7, 11) is 0. The van der Waals surface area contributed by atoms with Crippen molar-refractivity contribution in [2.45, 2.75) is 19.0 Å². The molecule has 1 saturated heterocycles. The highest BCUT2D eigenvalue weighted by molar-refractivity contribution is 5.59. The van der Waals surface area contributed by atoms with Gasteiger partial charge in [0.1, 0.15) is 5.82 Å². The van der Waals surface area contributed by atoms with E-state index < -0.39 is 0 Å². The van der Waals surface area contributed by atoms with Gasteiger partial charge in [0.15, 0.2) is 5.82 Å². The minimum Gasteiger partial charge on any atom is -0.396 e. The fourth-order valence-corrected chi connectivity index (χ4v) is 3.81. The Bertz CT molecular complexity index is 902. The molecule has 1 N–H and O–H groups in total. The molecule has 2 aromatic carbocycles. The first-order valence-electron chi connectivity index (χ1n) is 9.96. The Kier molecular flexibility index (Phi) is 6.12. The maximum absolute atomic E-state index is 13.2. The summed E-state index contributed by atoms with van der Waals surface area (Å²) in [6, 6.07) is 20.9. The van der Waals surface area contributed by atoms with Crippen LogP contribution in [0.3, 0.4) is 0 Å². The highest BCUT2D eigenvalue weighted by atomic mass is 19.1. The molecule has 0 aliphatic carbocycles. The van der Waals surface area contributed by atoms with Crippen LogP contribution in [0.5, 0.6) is 0 Å². The number of rotatable bonds is 6. The molecule has 29 heavy (non-hydrogen) atoms. The highest BCUT2D eigenvalue weighted by Crippen LogP contribution is 2.22. The first kappa shape index (κ1) is 19.5. The molecule has 4 rings (SSSR count). The molecule has 0 bridgehead atoms. The summed E-state index contributed by atoms with van der Waals surface area (Å²) in [6.45, 7) is 3.35. The zero-order valence-electron chi connectivity index (χ0n) is 16.3. The van der Waals surface area contributed by atoms with Crippen molar-refractivity contribution in [3.8, 4) is 11.3 Å². The van der Waals surface area contributed by atoms with Crippen LogP contribution in [-0.4, -0.2) is 52.5 Å². The van der Waals surface area contributed by atoms with Crippen molar-refractivity contribution in [3.05, 3.63) is 78.1 Å². The second-order valence-corrected chi connectivity index (χ2v) is 7.35. The second-order valence-electron chi connectivity index (χ2n) is 7.35. The number of hydrogen-bond acceptors (Lipinski definition) is 5. The first-order valence-corrected chi connectivity index (χ1v) is 9.96. The molecule has 1 aliphatic rings. The Hall–Kier alpha value is -2.83. The van der Waals surface area contributed by atoms with E-state index in [1.165, 1.54) is 12.1 Å². The van der Waals surface area contributed by atoms with E-state index in [0.29, 0.717) is 6.42 Å². The van der Waals surface area contributed by atoms with Crippen LogP contribution in [0.25, 0.3) is 11.3 Å². The average Bonchev–Trinajstić information content (AvgIpc) is 2.77. The molecule has 6 heteroatoms. The zero-order chi connectivity index (χ0) is 20.1. The summed E-state index contributed by atoms with van der Waals surface area (Å²) in [4.78, 5) is 4.58. The normalized spacial score (nSPS) is 17.4. The number of benzene rings is 2. The van der Waals surface area contributed by atoms with Gasteiger partial charge in [-0.25, -0.2) is 4.39 Å². The van der Waals surface area contributed by atoms with Crippen LogP contribution < -0.4 is 4.90 Å². The standard InChI is InChI=1S/C23H25FN4O/c24-20-8-6-18(7-9-20)16-27-13-14-28(17-21(27)12-15-29)23-11-10-22(25-26-23)19-4-2-1-3-5-19/h1-11,21,29H,12-17H2/t21-/m0/s1. The number of piperazine rings is 1. The molecule has 0 spiro atoms. The highest BCUT2D eigenvalue weighted by Gasteiger charge is 2.27. The lowest BCUT2D eigenvalue weighted by Gasteiger charge is -2.41. The molecule has 0 saturated carbocycles. The van der Waals surface area contributed by atoms with Crippen LogP contribution in [0.1, 0.15) is 12.0 Å². The van der Waals surface area contributed by atoms with Gasteiger partial charge in [0.05, 0.1) is 5.69 Å². The Morgan fingerprint density at radius 1 is 0.931 bits per heavy atom. The Morgan fingerprint density at radius 2 is 1.72 bits per heavy atom. The number of hydrogen-bond donors (Lipinski definition) is 1. The smallest absolute Gasteiger partial charge is 0.151 e. The summed E-state index contributed by atoms with van der Waals surface area (Å²) >= 11 is 0. The van der Waals surface area contributed by atoms with Gasteiger partial charge in [-0.15, -0.1) is 10.2 Å². The van der Waals surface area contributed by atoms with Gasteiger partial charge in [-0.3, -0.25) is 4.90 Å².